The van der Waals surface area contributed by atoms with Gasteiger partial charge < -0.3 is 4.90 Å². The number of carbonyl (C=O) groups excluding carboxylic acids is 2. The number of nitrogens with zero attached hydrogens (tertiary/aromatic N) is 3. The van der Waals surface area contributed by atoms with Gasteiger partial charge in [0.25, 0.3) is 5.91 Å². The molecule has 2 aromatic rings. The van der Waals surface area contributed by atoms with E-state index in [4.69, 9.17) is 11.6 Å². The molecule has 1 atom stereocenters. The van der Waals surface area contributed by atoms with Gasteiger partial charge in [-0.3, -0.25) is 14.3 Å². The van der Waals surface area contributed by atoms with Gasteiger partial charge in [-0.25, -0.2) is 0 Å². The molecule has 3 heterocycles. The van der Waals surface area contributed by atoms with Crippen molar-refractivity contribution in [3.05, 3.63) is 39.3 Å². The highest BCUT2D eigenvalue weighted by Crippen LogP contribution is 2.27. The minimum atomic E-state index is -0.0427. The van der Waals surface area contributed by atoms with E-state index in [-0.39, 0.29) is 17.7 Å². The molecule has 7 heteroatoms. The van der Waals surface area contributed by atoms with Crippen LogP contribution in [-0.2, 0) is 7.05 Å². The van der Waals surface area contributed by atoms with Gasteiger partial charge in [-0.05, 0) is 18.9 Å². The Balaban J connectivity index is 1.70. The van der Waals surface area contributed by atoms with Crippen molar-refractivity contribution in [3.63, 3.8) is 0 Å². The fourth-order valence-corrected chi connectivity index (χ4v) is 3.66. The minimum absolute atomic E-state index is 0.0288. The smallest absolute Gasteiger partial charge is 0.255 e. The van der Waals surface area contributed by atoms with Gasteiger partial charge in [0.05, 0.1) is 21.7 Å². The summed E-state index contributed by atoms with van der Waals surface area (Å²) >= 11 is 7.24. The van der Waals surface area contributed by atoms with Crippen LogP contribution in [0.4, 0.5) is 0 Å². The molecule has 1 saturated heterocycles. The first-order chi connectivity index (χ1) is 10.5. The summed E-state index contributed by atoms with van der Waals surface area (Å²) in [5.74, 6) is -0.00853. The summed E-state index contributed by atoms with van der Waals surface area (Å²) in [6, 6.07) is 1.64. The lowest BCUT2D eigenvalue weighted by Gasteiger charge is -2.23. The van der Waals surface area contributed by atoms with Crippen LogP contribution in [0, 0.1) is 0 Å². The summed E-state index contributed by atoms with van der Waals surface area (Å²) in [5.41, 5.74) is 1.20. The largest absolute Gasteiger partial charge is 0.335 e. The Hall–Kier alpha value is -1.66. The molecule has 1 amide bonds. The van der Waals surface area contributed by atoms with Crippen LogP contribution in [0.3, 0.4) is 0 Å². The Morgan fingerprint density at radius 2 is 2.27 bits per heavy atom. The van der Waals surface area contributed by atoms with Crippen LogP contribution in [0.2, 0.25) is 4.34 Å². The van der Waals surface area contributed by atoms with Gasteiger partial charge in [0.1, 0.15) is 0 Å². The lowest BCUT2D eigenvalue weighted by Crippen LogP contribution is -2.36. The third-order valence-electron chi connectivity index (χ3n) is 3.90. The molecule has 116 valence electrons. The summed E-state index contributed by atoms with van der Waals surface area (Å²) < 4.78 is 2.21. The first-order valence-corrected chi connectivity index (χ1v) is 8.37. The second-order valence-corrected chi connectivity index (χ2v) is 7.01. The van der Waals surface area contributed by atoms with Gasteiger partial charge in [-0.1, -0.05) is 11.6 Å². The highest BCUT2D eigenvalue weighted by Gasteiger charge is 2.31. The highest BCUT2D eigenvalue weighted by molar-refractivity contribution is 7.14. The third-order valence-corrected chi connectivity index (χ3v) is 4.99. The number of aromatic nitrogens is 2. The van der Waals surface area contributed by atoms with E-state index in [1.54, 1.807) is 40.5 Å². The summed E-state index contributed by atoms with van der Waals surface area (Å²) in [4.78, 5) is 26.6. The lowest BCUT2D eigenvalue weighted by atomic mass is 10.0. The standard InChI is InChI=1S/C15H16ClN3O2S/c1-18-8-11(7-17-18)13(20)6-12-3-2-4-19(12)15(21)10-5-14(16)22-9-10/h5,7-9,12H,2-4,6H2,1H3/t12-/m0/s1. The molecular formula is C15H16ClN3O2S. The first kappa shape index (κ1) is 15.2. The van der Waals surface area contributed by atoms with Gasteiger partial charge in [0.15, 0.2) is 5.78 Å². The van der Waals surface area contributed by atoms with Crippen molar-refractivity contribution in [3.8, 4) is 0 Å². The Kier molecular flexibility index (Phi) is 4.31. The van der Waals surface area contributed by atoms with Crippen molar-refractivity contribution >= 4 is 34.6 Å². The molecular weight excluding hydrogens is 322 g/mol. The quantitative estimate of drug-likeness (QED) is 0.806. The van der Waals surface area contributed by atoms with Crippen LogP contribution < -0.4 is 0 Å². The molecule has 1 aliphatic heterocycles. The Bertz CT molecular complexity index is 709. The number of aryl methyl sites for hydroxylation is 1. The highest BCUT2D eigenvalue weighted by atomic mass is 35.5. The molecule has 0 saturated carbocycles. The van der Waals surface area contributed by atoms with Crippen molar-refractivity contribution in [1.82, 2.24) is 14.7 Å². The van der Waals surface area contributed by atoms with E-state index in [9.17, 15) is 9.59 Å². The predicted octanol–water partition coefficient (Wildman–Crippen LogP) is 3.01. The molecule has 22 heavy (non-hydrogen) atoms. The summed E-state index contributed by atoms with van der Waals surface area (Å²) in [6.45, 7) is 0.692. The van der Waals surface area contributed by atoms with Gasteiger partial charge in [-0.15, -0.1) is 11.3 Å². The van der Waals surface area contributed by atoms with Crippen LogP contribution >= 0.6 is 22.9 Å². The fraction of sp³-hybridized carbons (Fsp3) is 0.400. The number of hydrogen-bond donors (Lipinski definition) is 0. The average Bonchev–Trinajstić information content (AvgIpc) is 3.19. The monoisotopic (exact) mass is 337 g/mol. The second kappa shape index (κ2) is 6.22. The molecule has 5 nitrogen and oxygen atoms in total. The van der Waals surface area contributed by atoms with E-state index in [0.29, 0.717) is 28.4 Å². The lowest BCUT2D eigenvalue weighted by molar-refractivity contribution is 0.0717. The van der Waals surface area contributed by atoms with Crippen molar-refractivity contribution in [2.24, 2.45) is 7.05 Å². The average molecular weight is 338 g/mol. The van der Waals surface area contributed by atoms with Crippen LogP contribution in [-0.4, -0.2) is 39.0 Å². The molecule has 0 aromatic carbocycles. The zero-order chi connectivity index (χ0) is 15.7. The molecule has 1 fully saturated rings. The minimum Gasteiger partial charge on any atom is -0.335 e. The van der Waals surface area contributed by atoms with Gasteiger partial charge in [-0.2, -0.15) is 5.10 Å². The van der Waals surface area contributed by atoms with Crippen molar-refractivity contribution in [2.45, 2.75) is 25.3 Å². The number of ketones is 1. The van der Waals surface area contributed by atoms with E-state index < -0.39 is 0 Å². The third kappa shape index (κ3) is 3.08. The number of amides is 1. The van der Waals surface area contributed by atoms with E-state index in [1.165, 1.54) is 11.3 Å². The van der Waals surface area contributed by atoms with Crippen LogP contribution in [0.5, 0.6) is 0 Å². The maximum atomic E-state index is 12.5. The molecule has 3 rings (SSSR count). The molecule has 0 radical (unpaired) electrons. The summed E-state index contributed by atoms with van der Waals surface area (Å²) in [7, 11) is 1.78. The van der Waals surface area contributed by atoms with Crippen LogP contribution in [0.1, 0.15) is 40.0 Å². The van der Waals surface area contributed by atoms with Gasteiger partial charge in [0.2, 0.25) is 0 Å². The van der Waals surface area contributed by atoms with E-state index >= 15 is 0 Å². The Morgan fingerprint density at radius 3 is 2.91 bits per heavy atom. The Labute approximate surface area is 137 Å². The molecule has 2 aromatic heterocycles. The predicted molar refractivity (Wildman–Crippen MR) is 85.5 cm³/mol. The van der Waals surface area contributed by atoms with E-state index in [1.807, 2.05) is 0 Å². The molecule has 0 spiro atoms. The Morgan fingerprint density at radius 1 is 1.45 bits per heavy atom. The van der Waals surface area contributed by atoms with Gasteiger partial charge in [0, 0.05) is 37.6 Å². The first-order valence-electron chi connectivity index (χ1n) is 7.11. The molecule has 0 aliphatic carbocycles. The van der Waals surface area contributed by atoms with Gasteiger partial charge >= 0.3 is 0 Å². The van der Waals surface area contributed by atoms with Crippen molar-refractivity contribution < 1.29 is 9.59 Å². The number of carbonyl (C=O) groups is 2. The fourth-order valence-electron chi connectivity index (χ4n) is 2.80. The van der Waals surface area contributed by atoms with Crippen molar-refractivity contribution in [1.29, 1.82) is 0 Å². The van der Waals surface area contributed by atoms with Crippen molar-refractivity contribution in [2.75, 3.05) is 6.54 Å². The number of thiophene rings is 1. The van der Waals surface area contributed by atoms with Crippen LogP contribution in [0.25, 0.3) is 0 Å². The number of rotatable bonds is 4. The zero-order valence-corrected chi connectivity index (χ0v) is 13.7. The second-order valence-electron chi connectivity index (χ2n) is 5.46. The SMILES string of the molecule is Cn1cc(C(=O)C[C@@H]2CCCN2C(=O)c2csc(Cl)c2)cn1. The maximum absolute atomic E-state index is 12.5. The zero-order valence-electron chi connectivity index (χ0n) is 12.2. The summed E-state index contributed by atoms with van der Waals surface area (Å²) in [6.07, 6.45) is 5.41. The topological polar surface area (TPSA) is 55.2 Å². The number of halogens is 1. The van der Waals surface area contributed by atoms with E-state index in [2.05, 4.69) is 5.10 Å². The number of Topliss-reactive ketones (excluding diaryl/α,β-unsaturated/α-hetero) is 1. The van der Waals surface area contributed by atoms with Crippen LogP contribution in [0.15, 0.2) is 23.8 Å². The molecule has 0 bridgehead atoms. The normalized spacial score (nSPS) is 17.9. The number of hydrogen-bond acceptors (Lipinski definition) is 4. The maximum Gasteiger partial charge on any atom is 0.255 e. The van der Waals surface area contributed by atoms with E-state index in [0.717, 1.165) is 12.8 Å². The molecule has 1 aliphatic rings. The molecule has 0 unspecified atom stereocenters. The molecule has 0 N–H and O–H groups in total. The summed E-state index contributed by atoms with van der Waals surface area (Å²) in [5, 5.41) is 5.79. The number of likely N-dealkylation sites (tertiary alicyclic amines) is 1.